The summed E-state index contributed by atoms with van der Waals surface area (Å²) in [7, 11) is 0. The van der Waals surface area contributed by atoms with Gasteiger partial charge in [-0.3, -0.25) is 0 Å². The van der Waals surface area contributed by atoms with Crippen molar-refractivity contribution < 1.29 is 5.11 Å². The first-order valence-corrected chi connectivity index (χ1v) is 2.67. The molecule has 0 bridgehead atoms. The van der Waals surface area contributed by atoms with Crippen molar-refractivity contribution >= 4 is 35.5 Å². The molecule has 0 amide bonds. The van der Waals surface area contributed by atoms with E-state index in [1.165, 1.54) is 0 Å². The van der Waals surface area contributed by atoms with Crippen molar-refractivity contribution in [1.82, 2.24) is 0 Å². The molecule has 0 aliphatic carbocycles. The van der Waals surface area contributed by atoms with Crippen molar-refractivity contribution in [1.29, 1.82) is 0 Å². The van der Waals surface area contributed by atoms with E-state index in [0.717, 1.165) is 6.42 Å². The third-order valence-electron chi connectivity index (χ3n) is 0.862. The molecule has 0 fully saturated rings. The second-order valence-corrected chi connectivity index (χ2v) is 3.03. The standard InChI is InChI=1S/C6H14O.ClH.Mg.2H/c1-6(2,3)4-5-7;;;;/h7H,4-5H2,1-3H3;1H;;;. The Labute approximate surface area is 79.8 Å². The highest BCUT2D eigenvalue weighted by Gasteiger charge is 2.06. The average Bonchev–Trinajstić information content (AvgIpc) is 1.30. The summed E-state index contributed by atoms with van der Waals surface area (Å²) in [5.74, 6) is 0. The molecular weight excluding hydrogens is 148 g/mol. The molecule has 0 rings (SSSR count). The van der Waals surface area contributed by atoms with Crippen LogP contribution in [0.15, 0.2) is 0 Å². The Balaban J connectivity index is -0.000000180. The van der Waals surface area contributed by atoms with Crippen LogP contribution in [0, 0.1) is 5.41 Å². The lowest BCUT2D eigenvalue weighted by Gasteiger charge is -2.14. The average molecular weight is 165 g/mol. The maximum absolute atomic E-state index is 8.40. The zero-order valence-corrected chi connectivity index (χ0v) is 6.59. The number of aliphatic hydroxyl groups excluding tert-OH is 1. The molecule has 0 aromatic heterocycles. The molecule has 0 saturated heterocycles. The van der Waals surface area contributed by atoms with Crippen molar-refractivity contribution in [3.8, 4) is 0 Å². The van der Waals surface area contributed by atoms with E-state index in [4.69, 9.17) is 5.11 Å². The van der Waals surface area contributed by atoms with Gasteiger partial charge in [-0.1, -0.05) is 20.8 Å². The van der Waals surface area contributed by atoms with Crippen LogP contribution in [0.1, 0.15) is 27.2 Å². The SMILES string of the molecule is CC(C)(C)CCO.Cl.[MgH2]. The van der Waals surface area contributed by atoms with E-state index < -0.39 is 0 Å². The van der Waals surface area contributed by atoms with Crippen LogP contribution in [-0.4, -0.2) is 34.8 Å². The van der Waals surface area contributed by atoms with Gasteiger partial charge in [0.1, 0.15) is 0 Å². The highest BCUT2D eigenvalue weighted by atomic mass is 35.5. The Morgan fingerprint density at radius 2 is 1.56 bits per heavy atom. The third kappa shape index (κ3) is 17.6. The molecule has 1 N–H and O–H groups in total. The maximum Gasteiger partial charge on any atom is 0.316 e. The zero-order chi connectivity index (χ0) is 5.91. The normalized spacial score (nSPS) is 9.33. The van der Waals surface area contributed by atoms with Gasteiger partial charge in [0.25, 0.3) is 0 Å². The van der Waals surface area contributed by atoms with E-state index in [9.17, 15) is 0 Å². The van der Waals surface area contributed by atoms with E-state index in [0.29, 0.717) is 12.0 Å². The fraction of sp³-hybridized carbons (Fsp3) is 1.00. The first-order valence-electron chi connectivity index (χ1n) is 2.67. The minimum Gasteiger partial charge on any atom is -0.396 e. The summed E-state index contributed by atoms with van der Waals surface area (Å²) in [4.78, 5) is 0. The second-order valence-electron chi connectivity index (χ2n) is 3.03. The number of hydrogen-bond acceptors (Lipinski definition) is 1. The Morgan fingerprint density at radius 3 is 1.56 bits per heavy atom. The molecule has 0 spiro atoms. The Hall–Kier alpha value is 1.02. The summed E-state index contributed by atoms with van der Waals surface area (Å²) in [6.07, 6.45) is 0.896. The number of hydrogen-bond donors (Lipinski definition) is 1. The zero-order valence-electron chi connectivity index (χ0n) is 5.77. The minimum atomic E-state index is 0. The van der Waals surface area contributed by atoms with Gasteiger partial charge in [0, 0.05) is 6.61 Å². The van der Waals surface area contributed by atoms with Crippen LogP contribution in [0.2, 0.25) is 0 Å². The van der Waals surface area contributed by atoms with Crippen LogP contribution >= 0.6 is 12.4 Å². The van der Waals surface area contributed by atoms with Gasteiger partial charge < -0.3 is 5.11 Å². The van der Waals surface area contributed by atoms with Gasteiger partial charge in [0.15, 0.2) is 0 Å². The summed E-state index contributed by atoms with van der Waals surface area (Å²) >= 11 is 0. The summed E-state index contributed by atoms with van der Waals surface area (Å²) in [5, 5.41) is 8.40. The van der Waals surface area contributed by atoms with Gasteiger partial charge in [-0.05, 0) is 11.8 Å². The Bertz CT molecular complexity index is 51.5. The molecular formula is C6H17ClMgO. The highest BCUT2D eigenvalue weighted by Crippen LogP contribution is 2.16. The quantitative estimate of drug-likeness (QED) is 0.572. The fourth-order valence-electron chi connectivity index (χ4n) is 0.335. The highest BCUT2D eigenvalue weighted by molar-refractivity contribution is 5.85. The number of aliphatic hydroxyl groups is 1. The Morgan fingerprint density at radius 1 is 1.22 bits per heavy atom. The summed E-state index contributed by atoms with van der Waals surface area (Å²) in [5.41, 5.74) is 0.300. The minimum absolute atomic E-state index is 0. The fourth-order valence-corrected chi connectivity index (χ4v) is 0.335. The van der Waals surface area contributed by atoms with Crippen molar-refractivity contribution in [2.75, 3.05) is 6.61 Å². The van der Waals surface area contributed by atoms with Gasteiger partial charge >= 0.3 is 23.1 Å². The van der Waals surface area contributed by atoms with E-state index in [-0.39, 0.29) is 35.5 Å². The first kappa shape index (κ1) is 16.5. The second kappa shape index (κ2) is 7.13. The molecule has 3 heteroatoms. The van der Waals surface area contributed by atoms with Gasteiger partial charge in [0.2, 0.25) is 0 Å². The van der Waals surface area contributed by atoms with E-state index in [1.54, 1.807) is 0 Å². The molecule has 0 aromatic rings. The maximum atomic E-state index is 8.40. The molecule has 0 aliphatic heterocycles. The molecule has 56 valence electrons. The van der Waals surface area contributed by atoms with Crippen LogP contribution in [0.5, 0.6) is 0 Å². The smallest absolute Gasteiger partial charge is 0.316 e. The Kier molecular flexibility index (Phi) is 13.1. The lowest BCUT2D eigenvalue weighted by atomic mass is 9.93. The lowest BCUT2D eigenvalue weighted by molar-refractivity contribution is 0.225. The van der Waals surface area contributed by atoms with Crippen LogP contribution in [-0.2, 0) is 0 Å². The van der Waals surface area contributed by atoms with Crippen LogP contribution in [0.25, 0.3) is 0 Å². The van der Waals surface area contributed by atoms with Crippen molar-refractivity contribution in [2.45, 2.75) is 27.2 Å². The van der Waals surface area contributed by atoms with Gasteiger partial charge in [-0.25, -0.2) is 0 Å². The topological polar surface area (TPSA) is 20.2 Å². The molecule has 1 nitrogen and oxygen atoms in total. The third-order valence-corrected chi connectivity index (χ3v) is 0.862. The van der Waals surface area contributed by atoms with E-state index in [2.05, 4.69) is 20.8 Å². The molecule has 0 unspecified atom stereocenters. The molecule has 0 radical (unpaired) electrons. The number of halogens is 1. The summed E-state index contributed by atoms with van der Waals surface area (Å²) in [6.45, 7) is 6.65. The molecule has 0 saturated carbocycles. The summed E-state index contributed by atoms with van der Waals surface area (Å²) in [6, 6.07) is 0. The van der Waals surface area contributed by atoms with Crippen LogP contribution < -0.4 is 0 Å². The predicted octanol–water partition coefficient (Wildman–Crippen LogP) is 0.920. The van der Waals surface area contributed by atoms with Gasteiger partial charge in [-0.15, -0.1) is 12.4 Å². The number of rotatable bonds is 1. The predicted molar refractivity (Wildman–Crippen MR) is 46.9 cm³/mol. The first-order chi connectivity index (χ1) is 3.06. The largest absolute Gasteiger partial charge is 0.396 e. The van der Waals surface area contributed by atoms with Crippen molar-refractivity contribution in [3.05, 3.63) is 0 Å². The van der Waals surface area contributed by atoms with E-state index >= 15 is 0 Å². The lowest BCUT2D eigenvalue weighted by Crippen LogP contribution is -2.06. The summed E-state index contributed by atoms with van der Waals surface area (Å²) < 4.78 is 0. The molecule has 0 aliphatic rings. The van der Waals surface area contributed by atoms with Crippen molar-refractivity contribution in [3.63, 3.8) is 0 Å². The van der Waals surface area contributed by atoms with Crippen LogP contribution in [0.3, 0.4) is 0 Å². The van der Waals surface area contributed by atoms with Crippen LogP contribution in [0.4, 0.5) is 0 Å². The van der Waals surface area contributed by atoms with Gasteiger partial charge in [0.05, 0.1) is 0 Å². The van der Waals surface area contributed by atoms with Crippen molar-refractivity contribution in [2.24, 2.45) is 5.41 Å². The molecule has 0 atom stereocenters. The molecule has 0 heterocycles. The van der Waals surface area contributed by atoms with E-state index in [1.807, 2.05) is 0 Å². The monoisotopic (exact) mass is 164 g/mol. The molecule has 9 heavy (non-hydrogen) atoms. The molecule has 0 aromatic carbocycles. The van der Waals surface area contributed by atoms with Gasteiger partial charge in [-0.2, -0.15) is 0 Å².